The molecule has 1 N–H and O–H groups in total. The number of nitrogens with zero attached hydrogens (tertiary/aromatic N) is 3. The van der Waals surface area contributed by atoms with Gasteiger partial charge in [-0.15, -0.1) is 0 Å². The second-order valence-corrected chi connectivity index (χ2v) is 8.26. The molecule has 164 valence electrons. The number of hydrogen-bond donors (Lipinski definition) is 1. The predicted octanol–water partition coefficient (Wildman–Crippen LogP) is 5.59. The molecule has 1 fully saturated rings. The van der Waals surface area contributed by atoms with Crippen LogP contribution in [0.5, 0.6) is 11.5 Å². The average molecular weight is 449 g/mol. The summed E-state index contributed by atoms with van der Waals surface area (Å²) in [6.07, 6.45) is 0. The van der Waals surface area contributed by atoms with Gasteiger partial charge in [-0.05, 0) is 54.8 Å². The lowest BCUT2D eigenvalue weighted by Crippen LogP contribution is -2.35. The van der Waals surface area contributed by atoms with Crippen LogP contribution in [-0.2, 0) is 11.3 Å². The molecule has 0 unspecified atom stereocenters. The molecule has 32 heavy (non-hydrogen) atoms. The average Bonchev–Trinajstić information content (AvgIpc) is 2.78. The molecule has 2 aromatic carbocycles. The number of nitriles is 1. The Labute approximate surface area is 193 Å². The van der Waals surface area contributed by atoms with Gasteiger partial charge in [-0.1, -0.05) is 23.7 Å². The Morgan fingerprint density at radius 1 is 1.09 bits per heavy atom. The van der Waals surface area contributed by atoms with Crippen LogP contribution < -0.4 is 10.1 Å². The number of morpholine rings is 1. The Bertz CT molecular complexity index is 1110. The fourth-order valence-electron chi connectivity index (χ4n) is 3.75. The molecule has 2 heterocycles. The molecule has 0 radical (unpaired) electrons. The summed E-state index contributed by atoms with van der Waals surface area (Å²) >= 11 is 6.25. The smallest absolute Gasteiger partial charge is 0.135 e. The third kappa shape index (κ3) is 5.57. The number of nitrogens with one attached hydrogen (secondary N) is 1. The van der Waals surface area contributed by atoms with Crippen LogP contribution in [0, 0.1) is 25.2 Å². The number of aromatic nitrogens is 1. The maximum absolute atomic E-state index is 9.15. The first-order valence-electron chi connectivity index (χ1n) is 10.5. The Hall–Kier alpha value is -3.11. The van der Waals surface area contributed by atoms with Gasteiger partial charge in [0.15, 0.2) is 0 Å². The van der Waals surface area contributed by atoms with Gasteiger partial charge in [-0.25, -0.2) is 4.98 Å². The molecule has 1 aliphatic heterocycles. The summed E-state index contributed by atoms with van der Waals surface area (Å²) in [5.41, 5.74) is 4.56. The molecule has 4 rings (SSSR count). The first kappa shape index (κ1) is 22.1. The fraction of sp³-hybridized carbons (Fsp3) is 0.280. The second kappa shape index (κ2) is 10.0. The summed E-state index contributed by atoms with van der Waals surface area (Å²) in [6, 6.07) is 17.6. The standard InChI is InChI=1S/C25H25ClN4O2/c1-17-11-20(15-27)12-18(2)25(17)32-22-13-23(26)29-24(14-22)28-21-5-3-19(4-6-21)16-30-7-9-31-10-8-30/h3-6,11-14H,7-10,16H2,1-2H3,(H,28,29). The van der Waals surface area contributed by atoms with Crippen LogP contribution >= 0.6 is 11.6 Å². The van der Waals surface area contributed by atoms with E-state index in [9.17, 15) is 0 Å². The maximum atomic E-state index is 9.15. The quantitative estimate of drug-likeness (QED) is 0.495. The third-order valence-electron chi connectivity index (χ3n) is 5.31. The number of benzene rings is 2. The van der Waals surface area contributed by atoms with Gasteiger partial charge in [0.25, 0.3) is 0 Å². The van der Waals surface area contributed by atoms with Crippen molar-refractivity contribution >= 4 is 23.1 Å². The fourth-order valence-corrected chi connectivity index (χ4v) is 3.95. The molecule has 1 saturated heterocycles. The first-order valence-corrected chi connectivity index (χ1v) is 10.9. The normalized spacial score (nSPS) is 14.1. The Kier molecular flexibility index (Phi) is 6.91. The van der Waals surface area contributed by atoms with E-state index in [2.05, 4.69) is 33.4 Å². The van der Waals surface area contributed by atoms with Crippen LogP contribution in [0.2, 0.25) is 5.15 Å². The van der Waals surface area contributed by atoms with E-state index in [-0.39, 0.29) is 0 Å². The predicted molar refractivity (Wildman–Crippen MR) is 126 cm³/mol. The lowest BCUT2D eigenvalue weighted by molar-refractivity contribution is 0.0342. The van der Waals surface area contributed by atoms with Crippen molar-refractivity contribution in [2.45, 2.75) is 20.4 Å². The van der Waals surface area contributed by atoms with E-state index in [0.717, 1.165) is 49.7 Å². The molecule has 0 saturated carbocycles. The van der Waals surface area contributed by atoms with Crippen LogP contribution in [0.25, 0.3) is 0 Å². The maximum Gasteiger partial charge on any atom is 0.135 e. The van der Waals surface area contributed by atoms with Crippen molar-refractivity contribution in [3.05, 3.63) is 75.9 Å². The Morgan fingerprint density at radius 2 is 1.78 bits per heavy atom. The highest BCUT2D eigenvalue weighted by atomic mass is 35.5. The van der Waals surface area contributed by atoms with Gasteiger partial charge in [0, 0.05) is 37.5 Å². The molecule has 3 aromatic rings. The molecule has 0 bridgehead atoms. The molecule has 1 aliphatic rings. The largest absolute Gasteiger partial charge is 0.457 e. The summed E-state index contributed by atoms with van der Waals surface area (Å²) in [5, 5.41) is 12.8. The number of halogens is 1. The first-order chi connectivity index (χ1) is 15.5. The van der Waals surface area contributed by atoms with Gasteiger partial charge in [0.05, 0.1) is 24.8 Å². The molecule has 6 nitrogen and oxygen atoms in total. The monoisotopic (exact) mass is 448 g/mol. The number of rotatable bonds is 6. The van der Waals surface area contributed by atoms with E-state index in [4.69, 9.17) is 26.3 Å². The van der Waals surface area contributed by atoms with Gasteiger partial charge in [0.2, 0.25) is 0 Å². The summed E-state index contributed by atoms with van der Waals surface area (Å²) in [6.45, 7) is 8.28. The van der Waals surface area contributed by atoms with Crippen LogP contribution in [0.1, 0.15) is 22.3 Å². The molecule has 7 heteroatoms. The van der Waals surface area contributed by atoms with E-state index >= 15 is 0 Å². The highest BCUT2D eigenvalue weighted by Gasteiger charge is 2.12. The molecule has 0 aliphatic carbocycles. The van der Waals surface area contributed by atoms with E-state index in [0.29, 0.717) is 28.0 Å². The van der Waals surface area contributed by atoms with Crippen molar-refractivity contribution in [2.75, 3.05) is 31.6 Å². The van der Waals surface area contributed by atoms with Gasteiger partial charge in [-0.2, -0.15) is 5.26 Å². The van der Waals surface area contributed by atoms with E-state index < -0.39 is 0 Å². The van der Waals surface area contributed by atoms with E-state index in [1.54, 1.807) is 6.07 Å². The van der Waals surface area contributed by atoms with Gasteiger partial charge in [-0.3, -0.25) is 4.90 Å². The summed E-state index contributed by atoms with van der Waals surface area (Å²) in [5.74, 6) is 1.88. The molecule has 0 atom stereocenters. The third-order valence-corrected chi connectivity index (χ3v) is 5.51. The van der Waals surface area contributed by atoms with Crippen molar-refractivity contribution in [3.63, 3.8) is 0 Å². The van der Waals surface area contributed by atoms with Crippen molar-refractivity contribution in [1.82, 2.24) is 9.88 Å². The zero-order valence-corrected chi connectivity index (χ0v) is 18.9. The lowest BCUT2D eigenvalue weighted by atomic mass is 10.1. The van der Waals surface area contributed by atoms with Crippen LogP contribution in [0.3, 0.4) is 0 Å². The highest BCUT2D eigenvalue weighted by molar-refractivity contribution is 6.29. The Balaban J connectivity index is 1.47. The van der Waals surface area contributed by atoms with Crippen molar-refractivity contribution in [1.29, 1.82) is 5.26 Å². The van der Waals surface area contributed by atoms with Gasteiger partial charge < -0.3 is 14.8 Å². The molecule has 1 aromatic heterocycles. The van der Waals surface area contributed by atoms with Crippen molar-refractivity contribution < 1.29 is 9.47 Å². The van der Waals surface area contributed by atoms with E-state index in [1.807, 2.05) is 44.2 Å². The summed E-state index contributed by atoms with van der Waals surface area (Å²) in [7, 11) is 0. The molecular weight excluding hydrogens is 424 g/mol. The lowest BCUT2D eigenvalue weighted by Gasteiger charge is -2.26. The summed E-state index contributed by atoms with van der Waals surface area (Å²) < 4.78 is 11.5. The number of ether oxygens (including phenoxy) is 2. The molecule has 0 spiro atoms. The zero-order chi connectivity index (χ0) is 22.5. The molecular formula is C25H25ClN4O2. The van der Waals surface area contributed by atoms with Gasteiger partial charge in [0.1, 0.15) is 22.5 Å². The zero-order valence-electron chi connectivity index (χ0n) is 18.2. The van der Waals surface area contributed by atoms with Crippen LogP contribution in [0.15, 0.2) is 48.5 Å². The minimum absolute atomic E-state index is 0.331. The van der Waals surface area contributed by atoms with Gasteiger partial charge >= 0.3 is 0 Å². The SMILES string of the molecule is Cc1cc(C#N)cc(C)c1Oc1cc(Cl)nc(Nc2ccc(CN3CCOCC3)cc2)c1. The van der Waals surface area contributed by atoms with E-state index in [1.165, 1.54) is 5.56 Å². The number of aryl methyl sites for hydroxylation is 2. The minimum atomic E-state index is 0.331. The van der Waals surface area contributed by atoms with Crippen LogP contribution in [0.4, 0.5) is 11.5 Å². The topological polar surface area (TPSA) is 70.4 Å². The second-order valence-electron chi connectivity index (χ2n) is 7.87. The summed E-state index contributed by atoms with van der Waals surface area (Å²) in [4.78, 5) is 6.76. The molecule has 0 amide bonds. The highest BCUT2D eigenvalue weighted by Crippen LogP contribution is 2.32. The van der Waals surface area contributed by atoms with Crippen LogP contribution in [-0.4, -0.2) is 36.2 Å². The number of anilines is 2. The number of hydrogen-bond acceptors (Lipinski definition) is 6. The minimum Gasteiger partial charge on any atom is -0.457 e. The van der Waals surface area contributed by atoms with Crippen molar-refractivity contribution in [2.24, 2.45) is 0 Å². The van der Waals surface area contributed by atoms with Crippen molar-refractivity contribution in [3.8, 4) is 17.6 Å². The number of pyridine rings is 1. The Morgan fingerprint density at radius 3 is 2.44 bits per heavy atom.